The van der Waals surface area contributed by atoms with Crippen molar-refractivity contribution in [1.29, 1.82) is 0 Å². The molecule has 104 valence electrons. The Morgan fingerprint density at radius 1 is 1.06 bits per heavy atom. The van der Waals surface area contributed by atoms with E-state index in [1.54, 1.807) is 0 Å². The number of allylic oxidation sites excluding steroid dienone is 2. The van der Waals surface area contributed by atoms with E-state index in [1.807, 2.05) is 0 Å². The topological polar surface area (TPSA) is 26.3 Å². The third kappa shape index (κ3) is 7.52. The van der Waals surface area contributed by atoms with Gasteiger partial charge in [-0.1, -0.05) is 31.9 Å². The van der Waals surface area contributed by atoms with Gasteiger partial charge in [0.15, 0.2) is 0 Å². The Kier molecular flexibility index (Phi) is 8.62. The molecule has 1 unspecified atom stereocenters. The van der Waals surface area contributed by atoms with Gasteiger partial charge in [-0.25, -0.2) is 0 Å². The number of hydrogen-bond donors (Lipinski definition) is 0. The highest BCUT2D eigenvalue weighted by Gasteiger charge is 2.11. The third-order valence-electron chi connectivity index (χ3n) is 3.57. The second-order valence-corrected chi connectivity index (χ2v) is 5.23. The van der Waals surface area contributed by atoms with Crippen molar-refractivity contribution in [3.8, 4) is 0 Å². The number of ether oxygens (including phenoxy) is 1. The molecule has 0 fully saturated rings. The monoisotopic (exact) mass is 252 g/mol. The first-order valence-electron chi connectivity index (χ1n) is 7.67. The predicted octanol–water partition coefficient (Wildman–Crippen LogP) is 4.78. The molecule has 0 aromatic carbocycles. The Hall–Kier alpha value is -0.790. The summed E-state index contributed by atoms with van der Waals surface area (Å²) in [5.74, 6) is 0.000650. The molecule has 0 saturated heterocycles. The van der Waals surface area contributed by atoms with Gasteiger partial charge in [-0.3, -0.25) is 4.79 Å². The maximum Gasteiger partial charge on any atom is 0.306 e. The Balaban J connectivity index is 2.35. The molecule has 18 heavy (non-hydrogen) atoms. The first kappa shape index (κ1) is 15.3. The van der Waals surface area contributed by atoms with Crippen molar-refractivity contribution in [3.63, 3.8) is 0 Å². The van der Waals surface area contributed by atoms with Crippen LogP contribution in [0.5, 0.6) is 0 Å². The lowest BCUT2D eigenvalue weighted by molar-refractivity contribution is -0.149. The molecule has 0 aliphatic carbocycles. The average Bonchev–Trinajstić information content (AvgIpc) is 2.38. The van der Waals surface area contributed by atoms with Gasteiger partial charge < -0.3 is 4.74 Å². The first-order valence-corrected chi connectivity index (χ1v) is 7.67. The van der Waals surface area contributed by atoms with E-state index >= 15 is 0 Å². The van der Waals surface area contributed by atoms with Gasteiger partial charge in [0.05, 0.1) is 0 Å². The van der Waals surface area contributed by atoms with Crippen molar-refractivity contribution in [1.82, 2.24) is 0 Å². The Morgan fingerprint density at radius 3 is 2.44 bits per heavy atom. The molecule has 1 atom stereocenters. The molecule has 0 aromatic heterocycles. The minimum atomic E-state index is 0.000650. The highest BCUT2D eigenvalue weighted by Crippen LogP contribution is 2.14. The zero-order valence-corrected chi connectivity index (χ0v) is 11.8. The zero-order chi connectivity index (χ0) is 13.1. The minimum Gasteiger partial charge on any atom is -0.462 e. The van der Waals surface area contributed by atoms with E-state index in [9.17, 15) is 4.79 Å². The molecule has 1 aliphatic heterocycles. The predicted molar refractivity (Wildman–Crippen MR) is 75.5 cm³/mol. The van der Waals surface area contributed by atoms with Gasteiger partial charge in [0.25, 0.3) is 0 Å². The summed E-state index contributed by atoms with van der Waals surface area (Å²) in [5.41, 5.74) is 0. The molecule has 1 heterocycles. The molecule has 0 aromatic rings. The van der Waals surface area contributed by atoms with Gasteiger partial charge in [-0.15, -0.1) is 0 Å². The molecule has 2 heteroatoms. The SMILES string of the molecule is CCC1CCCCCC/C=C/CCCCC(=O)O1. The maximum atomic E-state index is 11.6. The van der Waals surface area contributed by atoms with Crippen LogP contribution in [-0.4, -0.2) is 12.1 Å². The van der Waals surface area contributed by atoms with Crippen molar-refractivity contribution < 1.29 is 9.53 Å². The number of cyclic esters (lactones) is 1. The maximum absolute atomic E-state index is 11.6. The summed E-state index contributed by atoms with van der Waals surface area (Å²) in [4.78, 5) is 11.6. The number of esters is 1. The standard InChI is InChI=1S/C16H28O2/c1-2-15-13-11-9-7-5-3-4-6-8-10-12-14-16(17)18-15/h4,6,15H,2-3,5,7-14H2,1H3/b6-4+. The molecule has 1 rings (SSSR count). The fourth-order valence-electron chi connectivity index (χ4n) is 2.35. The van der Waals surface area contributed by atoms with Crippen LogP contribution in [0.15, 0.2) is 12.2 Å². The van der Waals surface area contributed by atoms with Crippen LogP contribution in [0.25, 0.3) is 0 Å². The molecule has 2 nitrogen and oxygen atoms in total. The summed E-state index contributed by atoms with van der Waals surface area (Å²) >= 11 is 0. The lowest BCUT2D eigenvalue weighted by Crippen LogP contribution is -2.17. The van der Waals surface area contributed by atoms with Crippen LogP contribution in [0, 0.1) is 0 Å². The second-order valence-electron chi connectivity index (χ2n) is 5.23. The summed E-state index contributed by atoms with van der Waals surface area (Å²) < 4.78 is 5.52. The quantitative estimate of drug-likeness (QED) is 0.496. The van der Waals surface area contributed by atoms with Crippen LogP contribution in [0.1, 0.15) is 77.6 Å². The first-order chi connectivity index (χ1) is 8.83. The molecule has 0 saturated carbocycles. The summed E-state index contributed by atoms with van der Waals surface area (Å²) in [6.07, 6.45) is 16.7. The number of hydrogen-bond acceptors (Lipinski definition) is 2. The molecule has 1 aliphatic rings. The number of carbonyl (C=O) groups is 1. The van der Waals surface area contributed by atoms with Crippen LogP contribution in [0.2, 0.25) is 0 Å². The summed E-state index contributed by atoms with van der Waals surface area (Å²) in [7, 11) is 0. The molecule has 0 N–H and O–H groups in total. The lowest BCUT2D eigenvalue weighted by atomic mass is 10.1. The number of carbonyl (C=O) groups excluding carboxylic acids is 1. The van der Waals surface area contributed by atoms with Gasteiger partial charge >= 0.3 is 5.97 Å². The molecule has 0 spiro atoms. The van der Waals surface area contributed by atoms with Gasteiger partial charge in [-0.05, 0) is 51.4 Å². The van der Waals surface area contributed by atoms with Crippen molar-refractivity contribution >= 4 is 5.97 Å². The van der Waals surface area contributed by atoms with E-state index < -0.39 is 0 Å². The van der Waals surface area contributed by atoms with Crippen LogP contribution < -0.4 is 0 Å². The molecule has 0 amide bonds. The van der Waals surface area contributed by atoms with Crippen molar-refractivity contribution in [2.24, 2.45) is 0 Å². The van der Waals surface area contributed by atoms with E-state index in [0.29, 0.717) is 6.42 Å². The van der Waals surface area contributed by atoms with Gasteiger partial charge in [0, 0.05) is 6.42 Å². The molecular formula is C16H28O2. The van der Waals surface area contributed by atoms with Gasteiger partial charge in [0.2, 0.25) is 0 Å². The molecule has 0 radical (unpaired) electrons. The van der Waals surface area contributed by atoms with Crippen molar-refractivity contribution in [2.45, 2.75) is 83.7 Å². The van der Waals surface area contributed by atoms with Gasteiger partial charge in [-0.2, -0.15) is 0 Å². The third-order valence-corrected chi connectivity index (χ3v) is 3.57. The lowest BCUT2D eigenvalue weighted by Gasteiger charge is -2.16. The van der Waals surface area contributed by atoms with E-state index in [-0.39, 0.29) is 12.1 Å². The van der Waals surface area contributed by atoms with Crippen LogP contribution in [-0.2, 0) is 9.53 Å². The smallest absolute Gasteiger partial charge is 0.306 e. The van der Waals surface area contributed by atoms with Crippen LogP contribution >= 0.6 is 0 Å². The van der Waals surface area contributed by atoms with E-state index in [2.05, 4.69) is 19.1 Å². The number of rotatable bonds is 1. The van der Waals surface area contributed by atoms with E-state index in [1.165, 1.54) is 32.1 Å². The highest BCUT2D eigenvalue weighted by atomic mass is 16.5. The van der Waals surface area contributed by atoms with Crippen molar-refractivity contribution in [3.05, 3.63) is 12.2 Å². The molecular weight excluding hydrogens is 224 g/mol. The van der Waals surface area contributed by atoms with E-state index in [4.69, 9.17) is 4.74 Å². The fourth-order valence-corrected chi connectivity index (χ4v) is 2.35. The summed E-state index contributed by atoms with van der Waals surface area (Å²) in [6, 6.07) is 0. The minimum absolute atomic E-state index is 0.000650. The van der Waals surface area contributed by atoms with Crippen LogP contribution in [0.4, 0.5) is 0 Å². The second kappa shape index (κ2) is 10.2. The summed E-state index contributed by atoms with van der Waals surface area (Å²) in [5, 5.41) is 0. The fraction of sp³-hybridized carbons (Fsp3) is 0.812. The highest BCUT2D eigenvalue weighted by molar-refractivity contribution is 5.69. The Bertz CT molecular complexity index is 245. The van der Waals surface area contributed by atoms with Gasteiger partial charge in [0.1, 0.15) is 6.10 Å². The summed E-state index contributed by atoms with van der Waals surface area (Å²) in [6.45, 7) is 2.11. The van der Waals surface area contributed by atoms with Crippen molar-refractivity contribution in [2.75, 3.05) is 0 Å². The van der Waals surface area contributed by atoms with Crippen LogP contribution in [0.3, 0.4) is 0 Å². The zero-order valence-electron chi connectivity index (χ0n) is 11.8. The largest absolute Gasteiger partial charge is 0.462 e. The average molecular weight is 252 g/mol. The normalized spacial score (nSPS) is 26.7. The van der Waals surface area contributed by atoms with E-state index in [0.717, 1.165) is 32.1 Å². The Morgan fingerprint density at radius 2 is 1.72 bits per heavy atom. The molecule has 0 bridgehead atoms. The Labute approximate surface area is 112 Å².